The molecule has 5 heteroatoms. The minimum atomic E-state index is 0. The lowest BCUT2D eigenvalue weighted by Gasteiger charge is -2.10. The summed E-state index contributed by atoms with van der Waals surface area (Å²) in [6.45, 7) is 3.81. The Kier molecular flexibility index (Phi) is 9.26. The van der Waals surface area contributed by atoms with Gasteiger partial charge in [-0.25, -0.2) is 0 Å². The monoisotopic (exact) mass is 367 g/mol. The first kappa shape index (κ1) is 16.5. The fourth-order valence-electron chi connectivity index (χ4n) is 1.25. The van der Waals surface area contributed by atoms with Crippen LogP contribution in [0, 0.1) is 0 Å². The van der Waals surface area contributed by atoms with Gasteiger partial charge in [0.25, 0.3) is 0 Å². The number of hydrogen-bond donors (Lipinski definition) is 2. The van der Waals surface area contributed by atoms with Gasteiger partial charge in [-0.3, -0.25) is 4.99 Å². The van der Waals surface area contributed by atoms with Crippen molar-refractivity contribution < 1.29 is 0 Å². The molecule has 0 atom stereocenters. The molecule has 0 spiro atoms. The molecule has 0 bridgehead atoms. The summed E-state index contributed by atoms with van der Waals surface area (Å²) in [5.41, 5.74) is 1.18. The fraction of sp³-hybridized carbons (Fsp3) is 0.417. The molecule has 1 aromatic carbocycles. The predicted octanol–water partition coefficient (Wildman–Crippen LogP) is 3.03. The summed E-state index contributed by atoms with van der Waals surface area (Å²) in [7, 11) is 1.77. The maximum absolute atomic E-state index is 5.81. The summed E-state index contributed by atoms with van der Waals surface area (Å²) in [5.74, 6) is 0.830. The van der Waals surface area contributed by atoms with E-state index in [0.717, 1.165) is 30.5 Å². The Morgan fingerprint density at radius 3 is 2.41 bits per heavy atom. The summed E-state index contributed by atoms with van der Waals surface area (Å²) in [4.78, 5) is 4.13. The Bertz CT molecular complexity index is 338. The van der Waals surface area contributed by atoms with Crippen LogP contribution >= 0.6 is 35.6 Å². The Morgan fingerprint density at radius 2 is 1.88 bits per heavy atom. The van der Waals surface area contributed by atoms with E-state index in [4.69, 9.17) is 11.6 Å². The van der Waals surface area contributed by atoms with E-state index in [9.17, 15) is 0 Å². The first-order chi connectivity index (χ1) is 7.76. The molecule has 0 aliphatic rings. The van der Waals surface area contributed by atoms with E-state index in [1.165, 1.54) is 5.56 Å². The van der Waals surface area contributed by atoms with Gasteiger partial charge in [0.2, 0.25) is 0 Å². The molecule has 1 rings (SSSR count). The van der Waals surface area contributed by atoms with Gasteiger partial charge in [-0.05, 0) is 24.1 Å². The maximum Gasteiger partial charge on any atom is 0.191 e. The van der Waals surface area contributed by atoms with Gasteiger partial charge in [-0.2, -0.15) is 0 Å². The van der Waals surface area contributed by atoms with Crippen LogP contribution < -0.4 is 10.6 Å². The molecular weight excluding hydrogens is 349 g/mol. The van der Waals surface area contributed by atoms with Gasteiger partial charge in [-0.1, -0.05) is 30.7 Å². The van der Waals surface area contributed by atoms with Crippen molar-refractivity contribution in [3.05, 3.63) is 34.9 Å². The first-order valence-corrected chi connectivity index (χ1v) is 5.83. The first-order valence-electron chi connectivity index (χ1n) is 5.45. The Morgan fingerprint density at radius 1 is 1.24 bits per heavy atom. The number of nitrogens with one attached hydrogen (secondary N) is 2. The van der Waals surface area contributed by atoms with Gasteiger partial charge in [0.15, 0.2) is 5.96 Å². The number of benzene rings is 1. The Labute approximate surface area is 125 Å². The molecule has 0 amide bonds. The quantitative estimate of drug-likeness (QED) is 0.487. The van der Waals surface area contributed by atoms with Crippen molar-refractivity contribution in [3.8, 4) is 0 Å². The molecule has 0 radical (unpaired) electrons. The number of rotatable bonds is 4. The second-order valence-corrected chi connectivity index (χ2v) is 3.92. The van der Waals surface area contributed by atoms with Gasteiger partial charge in [0.05, 0.1) is 0 Å². The summed E-state index contributed by atoms with van der Waals surface area (Å²) in [6.07, 6.45) is 1.08. The van der Waals surface area contributed by atoms with Crippen molar-refractivity contribution in [2.45, 2.75) is 19.9 Å². The fourth-order valence-corrected chi connectivity index (χ4v) is 1.38. The van der Waals surface area contributed by atoms with Crippen molar-refractivity contribution in [2.24, 2.45) is 4.99 Å². The van der Waals surface area contributed by atoms with Crippen molar-refractivity contribution in [1.29, 1.82) is 0 Å². The maximum atomic E-state index is 5.81. The van der Waals surface area contributed by atoms with Crippen molar-refractivity contribution in [3.63, 3.8) is 0 Å². The highest BCUT2D eigenvalue weighted by atomic mass is 127. The molecule has 17 heavy (non-hydrogen) atoms. The molecule has 1 aromatic rings. The number of guanidine groups is 1. The zero-order valence-electron chi connectivity index (χ0n) is 10.2. The van der Waals surface area contributed by atoms with Crippen molar-refractivity contribution in [2.75, 3.05) is 13.6 Å². The molecule has 3 nitrogen and oxygen atoms in total. The SMILES string of the molecule is CCCNC(=NC)NCc1ccc(Cl)cc1.I. The zero-order chi connectivity index (χ0) is 11.8. The summed E-state index contributed by atoms with van der Waals surface area (Å²) in [5, 5.41) is 7.21. The lowest BCUT2D eigenvalue weighted by molar-refractivity contribution is 0.781. The Hall–Kier alpha value is -0.490. The number of hydrogen-bond acceptors (Lipinski definition) is 1. The third-order valence-corrected chi connectivity index (χ3v) is 2.39. The third-order valence-electron chi connectivity index (χ3n) is 2.14. The molecule has 0 unspecified atom stereocenters. The van der Waals surface area contributed by atoms with Crippen molar-refractivity contribution in [1.82, 2.24) is 10.6 Å². The van der Waals surface area contributed by atoms with E-state index in [0.29, 0.717) is 0 Å². The van der Waals surface area contributed by atoms with E-state index in [1.54, 1.807) is 7.05 Å². The van der Waals surface area contributed by atoms with E-state index in [2.05, 4.69) is 22.5 Å². The minimum Gasteiger partial charge on any atom is -0.356 e. The molecule has 2 N–H and O–H groups in total. The average molecular weight is 368 g/mol. The number of aliphatic imine (C=N–C) groups is 1. The second-order valence-electron chi connectivity index (χ2n) is 3.48. The highest BCUT2D eigenvalue weighted by Crippen LogP contribution is 2.08. The molecule has 96 valence electrons. The van der Waals surface area contributed by atoms with Gasteiger partial charge in [-0.15, -0.1) is 24.0 Å². The Balaban J connectivity index is 0.00000256. The topological polar surface area (TPSA) is 36.4 Å². The van der Waals surface area contributed by atoms with Crippen LogP contribution in [0.25, 0.3) is 0 Å². The molecule has 0 saturated carbocycles. The average Bonchev–Trinajstić information content (AvgIpc) is 2.32. The van der Waals surface area contributed by atoms with Crippen LogP contribution in [0.5, 0.6) is 0 Å². The second kappa shape index (κ2) is 9.53. The largest absolute Gasteiger partial charge is 0.356 e. The standard InChI is InChI=1S/C12H18ClN3.HI/c1-3-8-15-12(14-2)16-9-10-4-6-11(13)7-5-10;/h4-7H,3,8-9H2,1-2H3,(H2,14,15,16);1H. The van der Waals surface area contributed by atoms with E-state index >= 15 is 0 Å². The minimum absolute atomic E-state index is 0. The molecule has 0 heterocycles. The van der Waals surface area contributed by atoms with E-state index in [1.807, 2.05) is 24.3 Å². The van der Waals surface area contributed by atoms with Gasteiger partial charge >= 0.3 is 0 Å². The third kappa shape index (κ3) is 6.73. The molecule has 0 aliphatic carbocycles. The highest BCUT2D eigenvalue weighted by molar-refractivity contribution is 14.0. The molecule has 0 aromatic heterocycles. The van der Waals surface area contributed by atoms with Crippen molar-refractivity contribution >= 4 is 41.5 Å². The summed E-state index contributed by atoms with van der Waals surface area (Å²) < 4.78 is 0. The molecule has 0 aliphatic heterocycles. The number of nitrogens with zero attached hydrogens (tertiary/aromatic N) is 1. The van der Waals surface area contributed by atoms with Crippen LogP contribution in [-0.2, 0) is 6.54 Å². The van der Waals surface area contributed by atoms with Gasteiger partial charge < -0.3 is 10.6 Å². The zero-order valence-corrected chi connectivity index (χ0v) is 13.3. The molecule has 0 fully saturated rings. The van der Waals surface area contributed by atoms with Crippen LogP contribution in [0.2, 0.25) is 5.02 Å². The van der Waals surface area contributed by atoms with Crippen LogP contribution in [0.15, 0.2) is 29.3 Å². The normalized spacial score (nSPS) is 10.6. The van der Waals surface area contributed by atoms with Crippen LogP contribution in [0.1, 0.15) is 18.9 Å². The highest BCUT2D eigenvalue weighted by Gasteiger charge is 1.96. The van der Waals surface area contributed by atoms with Crippen LogP contribution in [-0.4, -0.2) is 19.6 Å². The van der Waals surface area contributed by atoms with Crippen LogP contribution in [0.3, 0.4) is 0 Å². The molecular formula is C12H19ClIN3. The van der Waals surface area contributed by atoms with Gasteiger partial charge in [0.1, 0.15) is 0 Å². The summed E-state index contributed by atoms with van der Waals surface area (Å²) >= 11 is 5.81. The number of halogens is 2. The van der Waals surface area contributed by atoms with Crippen LogP contribution in [0.4, 0.5) is 0 Å². The van der Waals surface area contributed by atoms with E-state index < -0.39 is 0 Å². The lowest BCUT2D eigenvalue weighted by atomic mass is 10.2. The predicted molar refractivity (Wildman–Crippen MR) is 85.4 cm³/mol. The summed E-state index contributed by atoms with van der Waals surface area (Å²) in [6, 6.07) is 7.78. The lowest BCUT2D eigenvalue weighted by Crippen LogP contribution is -2.37. The van der Waals surface area contributed by atoms with Gasteiger partial charge in [0, 0.05) is 25.2 Å². The molecule has 0 saturated heterocycles. The smallest absolute Gasteiger partial charge is 0.191 e. The van der Waals surface area contributed by atoms with E-state index in [-0.39, 0.29) is 24.0 Å².